The molecule has 1 aromatic heterocycles. The summed E-state index contributed by atoms with van der Waals surface area (Å²) in [6.45, 7) is 7.21. The maximum Gasteiger partial charge on any atom is 0.258 e. The van der Waals surface area contributed by atoms with Gasteiger partial charge in [0.2, 0.25) is 5.82 Å². The predicted octanol–water partition coefficient (Wildman–Crippen LogP) is 5.51. The van der Waals surface area contributed by atoms with Crippen LogP contribution in [0.25, 0.3) is 17.0 Å². The topological polar surface area (TPSA) is 54.2 Å². The van der Waals surface area contributed by atoms with Gasteiger partial charge in [0, 0.05) is 17.8 Å². The first-order valence-corrected chi connectivity index (χ1v) is 10.7. The third-order valence-corrected chi connectivity index (χ3v) is 5.77. The summed E-state index contributed by atoms with van der Waals surface area (Å²) >= 11 is 5.72. The Morgan fingerprint density at radius 3 is 2.50 bits per heavy atom. The van der Waals surface area contributed by atoms with E-state index < -0.39 is 0 Å². The SMILES string of the molecule is CCCCN1C(=S)NC(c2ccc(C)cc2)C(c2nc(-c3ccccc3)no2)=C1C. The van der Waals surface area contributed by atoms with Crippen LogP contribution in [0.1, 0.15) is 49.7 Å². The fourth-order valence-electron chi connectivity index (χ4n) is 3.69. The van der Waals surface area contributed by atoms with E-state index in [1.807, 2.05) is 30.3 Å². The summed E-state index contributed by atoms with van der Waals surface area (Å²) in [6, 6.07) is 18.2. The Morgan fingerprint density at radius 2 is 1.80 bits per heavy atom. The lowest BCUT2D eigenvalue weighted by Gasteiger charge is -2.37. The highest BCUT2D eigenvalue weighted by Crippen LogP contribution is 2.37. The molecule has 0 spiro atoms. The predicted molar refractivity (Wildman–Crippen MR) is 124 cm³/mol. The third kappa shape index (κ3) is 4.00. The Morgan fingerprint density at radius 1 is 1.07 bits per heavy atom. The number of thiocarbonyl (C=S) groups is 1. The van der Waals surface area contributed by atoms with Crippen LogP contribution in [0.5, 0.6) is 0 Å². The van der Waals surface area contributed by atoms with E-state index in [0.29, 0.717) is 11.7 Å². The molecule has 0 fully saturated rings. The first kappa shape index (κ1) is 20.3. The quantitative estimate of drug-likeness (QED) is 0.533. The summed E-state index contributed by atoms with van der Waals surface area (Å²) in [7, 11) is 0. The molecule has 0 bridgehead atoms. The van der Waals surface area contributed by atoms with Gasteiger partial charge in [0.25, 0.3) is 5.89 Å². The largest absolute Gasteiger partial charge is 0.351 e. The van der Waals surface area contributed by atoms with Crippen LogP contribution in [0.4, 0.5) is 0 Å². The molecule has 2 aromatic carbocycles. The standard InChI is InChI=1S/C24H26N4OS/c1-4-5-15-28-17(3)20(21(25-24(28)30)18-13-11-16(2)12-14-18)23-26-22(27-29-23)19-9-7-6-8-10-19/h6-14,21H,4-5,15H2,1-3H3,(H,25,30). The van der Waals surface area contributed by atoms with E-state index >= 15 is 0 Å². The van der Waals surface area contributed by atoms with E-state index in [4.69, 9.17) is 21.7 Å². The molecule has 1 atom stereocenters. The Kier molecular flexibility index (Phi) is 5.95. The molecule has 0 radical (unpaired) electrons. The van der Waals surface area contributed by atoms with E-state index in [9.17, 15) is 0 Å². The Bertz CT molecular complexity index is 1060. The monoisotopic (exact) mass is 418 g/mol. The fraction of sp³-hybridized carbons (Fsp3) is 0.292. The zero-order valence-electron chi connectivity index (χ0n) is 17.6. The number of rotatable bonds is 6. The number of hydrogen-bond acceptors (Lipinski definition) is 4. The zero-order valence-corrected chi connectivity index (χ0v) is 18.4. The first-order valence-electron chi connectivity index (χ1n) is 10.3. The first-order chi connectivity index (χ1) is 14.6. The van der Waals surface area contributed by atoms with Crippen LogP contribution in [0.15, 0.2) is 64.8 Å². The minimum atomic E-state index is -0.139. The van der Waals surface area contributed by atoms with Crippen molar-refractivity contribution in [1.82, 2.24) is 20.4 Å². The molecule has 1 aliphatic rings. The van der Waals surface area contributed by atoms with Gasteiger partial charge < -0.3 is 14.7 Å². The Hall–Kier alpha value is -2.99. The second-order valence-corrected chi connectivity index (χ2v) is 7.97. The molecular weight excluding hydrogens is 392 g/mol. The minimum Gasteiger partial charge on any atom is -0.351 e. The lowest BCUT2D eigenvalue weighted by molar-refractivity contribution is 0.395. The summed E-state index contributed by atoms with van der Waals surface area (Å²) < 4.78 is 5.76. The van der Waals surface area contributed by atoms with Crippen LogP contribution in [0.3, 0.4) is 0 Å². The maximum atomic E-state index is 5.76. The van der Waals surface area contributed by atoms with E-state index in [2.05, 4.69) is 60.4 Å². The number of aryl methyl sites for hydroxylation is 1. The fourth-order valence-corrected chi connectivity index (χ4v) is 4.04. The highest BCUT2D eigenvalue weighted by atomic mass is 32.1. The molecule has 30 heavy (non-hydrogen) atoms. The number of nitrogens with zero attached hydrogens (tertiary/aromatic N) is 3. The molecule has 0 aliphatic carbocycles. The molecule has 6 heteroatoms. The minimum absolute atomic E-state index is 0.139. The summed E-state index contributed by atoms with van der Waals surface area (Å²) in [6.07, 6.45) is 2.16. The van der Waals surface area contributed by atoms with Gasteiger partial charge in [-0.05, 0) is 38.0 Å². The number of aromatic nitrogens is 2. The average molecular weight is 419 g/mol. The van der Waals surface area contributed by atoms with E-state index in [1.54, 1.807) is 0 Å². The van der Waals surface area contributed by atoms with Crippen molar-refractivity contribution >= 4 is 22.9 Å². The van der Waals surface area contributed by atoms with E-state index in [-0.39, 0.29) is 6.04 Å². The van der Waals surface area contributed by atoms with Crippen LogP contribution in [0.2, 0.25) is 0 Å². The Balaban J connectivity index is 1.79. The zero-order chi connectivity index (χ0) is 21.1. The van der Waals surface area contributed by atoms with Gasteiger partial charge in [0.15, 0.2) is 5.11 Å². The molecule has 1 unspecified atom stereocenters. The van der Waals surface area contributed by atoms with Crippen molar-refractivity contribution in [1.29, 1.82) is 0 Å². The number of hydrogen-bond donors (Lipinski definition) is 1. The van der Waals surface area contributed by atoms with Gasteiger partial charge in [-0.15, -0.1) is 0 Å². The van der Waals surface area contributed by atoms with Crippen LogP contribution in [-0.4, -0.2) is 26.7 Å². The van der Waals surface area contributed by atoms with E-state index in [1.165, 1.54) is 5.56 Å². The third-order valence-electron chi connectivity index (χ3n) is 5.43. The molecule has 3 aromatic rings. The summed E-state index contributed by atoms with van der Waals surface area (Å²) in [5.74, 6) is 1.11. The normalized spacial score (nSPS) is 16.7. The van der Waals surface area contributed by atoms with Crippen molar-refractivity contribution in [2.24, 2.45) is 0 Å². The average Bonchev–Trinajstić information content (AvgIpc) is 3.24. The van der Waals surface area contributed by atoms with Crippen molar-refractivity contribution in [2.75, 3.05) is 6.54 Å². The van der Waals surface area contributed by atoms with Crippen molar-refractivity contribution in [3.8, 4) is 11.4 Å². The lowest BCUT2D eigenvalue weighted by atomic mass is 9.94. The second-order valence-electron chi connectivity index (χ2n) is 7.59. The van der Waals surface area contributed by atoms with Gasteiger partial charge in [-0.25, -0.2) is 0 Å². The van der Waals surface area contributed by atoms with Gasteiger partial charge in [0.1, 0.15) is 0 Å². The number of unbranched alkanes of at least 4 members (excludes halogenated alkanes) is 1. The lowest BCUT2D eigenvalue weighted by Crippen LogP contribution is -2.46. The van der Waals surface area contributed by atoms with Gasteiger partial charge in [0.05, 0.1) is 11.6 Å². The molecule has 0 amide bonds. The van der Waals surface area contributed by atoms with Crippen molar-refractivity contribution < 1.29 is 4.52 Å². The second kappa shape index (κ2) is 8.79. The molecule has 4 rings (SSSR count). The van der Waals surface area contributed by atoms with Gasteiger partial charge in [-0.2, -0.15) is 4.98 Å². The molecule has 154 valence electrons. The molecule has 5 nitrogen and oxygen atoms in total. The highest BCUT2D eigenvalue weighted by molar-refractivity contribution is 7.80. The number of nitrogens with one attached hydrogen (secondary N) is 1. The molecule has 1 aliphatic heterocycles. The van der Waals surface area contributed by atoms with Crippen molar-refractivity contribution in [2.45, 2.75) is 39.7 Å². The molecule has 0 saturated carbocycles. The van der Waals surface area contributed by atoms with Crippen molar-refractivity contribution in [3.63, 3.8) is 0 Å². The van der Waals surface area contributed by atoms with Crippen LogP contribution in [0, 0.1) is 6.92 Å². The summed E-state index contributed by atoms with van der Waals surface area (Å²) in [4.78, 5) is 6.89. The van der Waals surface area contributed by atoms with Gasteiger partial charge >= 0.3 is 0 Å². The van der Waals surface area contributed by atoms with E-state index in [0.717, 1.165) is 46.9 Å². The number of benzene rings is 2. The smallest absolute Gasteiger partial charge is 0.258 e. The van der Waals surface area contributed by atoms with Crippen LogP contribution < -0.4 is 5.32 Å². The molecule has 0 saturated heterocycles. The Labute approximate surface area is 182 Å². The van der Waals surface area contributed by atoms with Gasteiger partial charge in [-0.3, -0.25) is 0 Å². The maximum absolute atomic E-state index is 5.76. The highest BCUT2D eigenvalue weighted by Gasteiger charge is 2.33. The summed E-state index contributed by atoms with van der Waals surface area (Å²) in [5.41, 5.74) is 5.29. The van der Waals surface area contributed by atoms with Crippen LogP contribution >= 0.6 is 12.2 Å². The molecule has 2 heterocycles. The number of allylic oxidation sites excluding steroid dienone is 1. The van der Waals surface area contributed by atoms with Crippen LogP contribution in [-0.2, 0) is 0 Å². The summed E-state index contributed by atoms with van der Waals surface area (Å²) in [5, 5.41) is 8.49. The molecule has 1 N–H and O–H groups in total. The molecular formula is C24H26N4OS. The van der Waals surface area contributed by atoms with Gasteiger partial charge in [-0.1, -0.05) is 78.7 Å². The van der Waals surface area contributed by atoms with Crippen molar-refractivity contribution in [3.05, 3.63) is 77.3 Å².